The first-order chi connectivity index (χ1) is 11.6. The van der Waals surface area contributed by atoms with Gasteiger partial charge in [-0.1, -0.05) is 6.07 Å². The van der Waals surface area contributed by atoms with Crippen LogP contribution in [0.3, 0.4) is 0 Å². The van der Waals surface area contributed by atoms with Crippen LogP contribution >= 0.6 is 0 Å². The molecule has 126 valence electrons. The lowest BCUT2D eigenvalue weighted by atomic mass is 10.2. The second kappa shape index (κ2) is 8.59. The Labute approximate surface area is 139 Å². The predicted molar refractivity (Wildman–Crippen MR) is 88.0 cm³/mol. The number of hydrogen-bond acceptors (Lipinski definition) is 6. The van der Waals surface area contributed by atoms with Crippen molar-refractivity contribution in [1.29, 1.82) is 0 Å². The van der Waals surface area contributed by atoms with Gasteiger partial charge in [-0.15, -0.1) is 0 Å². The number of benzene rings is 1. The summed E-state index contributed by atoms with van der Waals surface area (Å²) in [7, 11) is 1.52. The van der Waals surface area contributed by atoms with E-state index in [9.17, 15) is 9.59 Å². The minimum absolute atomic E-state index is 0.159. The highest BCUT2D eigenvalue weighted by Gasteiger charge is 2.09. The third-order valence-electron chi connectivity index (χ3n) is 2.90. The molecule has 0 spiro atoms. The van der Waals surface area contributed by atoms with Gasteiger partial charge in [-0.2, -0.15) is 0 Å². The molecule has 0 aliphatic carbocycles. The summed E-state index contributed by atoms with van der Waals surface area (Å²) < 4.78 is 9.70. The van der Waals surface area contributed by atoms with Crippen LogP contribution in [0, 0.1) is 6.92 Å². The van der Waals surface area contributed by atoms with Crippen molar-refractivity contribution in [2.75, 3.05) is 31.0 Å². The van der Waals surface area contributed by atoms with Gasteiger partial charge in [0.1, 0.15) is 18.1 Å². The molecule has 1 aromatic carbocycles. The van der Waals surface area contributed by atoms with Crippen molar-refractivity contribution in [3.05, 3.63) is 48.0 Å². The zero-order chi connectivity index (χ0) is 17.4. The molecular formula is C16H18N4O4. The minimum atomic E-state index is -0.595. The fraction of sp³-hybridized carbons (Fsp3) is 0.250. The first-order valence-corrected chi connectivity index (χ1v) is 7.22. The van der Waals surface area contributed by atoms with Gasteiger partial charge in [0.2, 0.25) is 0 Å². The van der Waals surface area contributed by atoms with Crippen molar-refractivity contribution in [3.8, 4) is 0 Å². The van der Waals surface area contributed by atoms with Crippen molar-refractivity contribution in [3.63, 3.8) is 0 Å². The van der Waals surface area contributed by atoms with Gasteiger partial charge in [0.15, 0.2) is 0 Å². The largest absolute Gasteiger partial charge is 0.447 e. The molecule has 0 aliphatic heterocycles. The monoisotopic (exact) mass is 330 g/mol. The van der Waals surface area contributed by atoms with E-state index < -0.39 is 6.09 Å². The van der Waals surface area contributed by atoms with E-state index in [1.54, 1.807) is 31.2 Å². The van der Waals surface area contributed by atoms with Crippen molar-refractivity contribution >= 4 is 23.4 Å². The van der Waals surface area contributed by atoms with Crippen LogP contribution < -0.4 is 10.6 Å². The summed E-state index contributed by atoms with van der Waals surface area (Å²) >= 11 is 0. The number of methoxy groups -OCH3 is 1. The maximum absolute atomic E-state index is 12.1. The van der Waals surface area contributed by atoms with Crippen LogP contribution in [-0.4, -0.2) is 42.3 Å². The highest BCUT2D eigenvalue weighted by Crippen LogP contribution is 2.16. The number of carbonyl (C=O) groups is 2. The van der Waals surface area contributed by atoms with Crippen LogP contribution in [0.2, 0.25) is 0 Å². The van der Waals surface area contributed by atoms with E-state index in [2.05, 4.69) is 20.6 Å². The van der Waals surface area contributed by atoms with Gasteiger partial charge >= 0.3 is 6.09 Å². The van der Waals surface area contributed by atoms with Crippen LogP contribution in [0.1, 0.15) is 16.3 Å². The minimum Gasteiger partial charge on any atom is -0.447 e. The van der Waals surface area contributed by atoms with Gasteiger partial charge in [0.25, 0.3) is 5.91 Å². The van der Waals surface area contributed by atoms with Crippen molar-refractivity contribution < 1.29 is 19.1 Å². The molecule has 0 atom stereocenters. The Morgan fingerprint density at radius 1 is 1.12 bits per heavy atom. The zero-order valence-corrected chi connectivity index (χ0v) is 13.4. The van der Waals surface area contributed by atoms with Crippen LogP contribution in [0.5, 0.6) is 0 Å². The highest BCUT2D eigenvalue weighted by molar-refractivity contribution is 6.03. The third-order valence-corrected chi connectivity index (χ3v) is 2.90. The molecule has 2 aromatic rings. The first-order valence-electron chi connectivity index (χ1n) is 7.22. The van der Waals surface area contributed by atoms with E-state index in [-0.39, 0.29) is 18.2 Å². The summed E-state index contributed by atoms with van der Waals surface area (Å²) in [6, 6.07) is 8.22. The summed E-state index contributed by atoms with van der Waals surface area (Å²) in [6.45, 7) is 2.18. The number of carbonyl (C=O) groups excluding carboxylic acids is 2. The van der Waals surface area contributed by atoms with E-state index in [0.29, 0.717) is 23.8 Å². The fourth-order valence-corrected chi connectivity index (χ4v) is 1.82. The summed E-state index contributed by atoms with van der Waals surface area (Å²) in [5.41, 5.74) is 1.28. The second-order valence-corrected chi connectivity index (χ2v) is 4.78. The molecule has 1 aromatic heterocycles. The van der Waals surface area contributed by atoms with Crippen LogP contribution in [0.15, 0.2) is 36.5 Å². The van der Waals surface area contributed by atoms with E-state index in [1.807, 2.05) is 0 Å². The van der Waals surface area contributed by atoms with Crippen molar-refractivity contribution in [1.82, 2.24) is 9.97 Å². The maximum Gasteiger partial charge on any atom is 0.411 e. The molecule has 2 amide bonds. The molecule has 0 saturated heterocycles. The quantitative estimate of drug-likeness (QED) is 0.787. The average molecular weight is 330 g/mol. The molecule has 0 radical (unpaired) electrons. The van der Waals surface area contributed by atoms with Crippen LogP contribution in [0.4, 0.5) is 16.2 Å². The molecule has 0 saturated carbocycles. The highest BCUT2D eigenvalue weighted by atomic mass is 16.6. The molecule has 24 heavy (non-hydrogen) atoms. The van der Waals surface area contributed by atoms with Crippen molar-refractivity contribution in [2.45, 2.75) is 6.92 Å². The Balaban J connectivity index is 1.97. The SMILES string of the molecule is COCCOC(=O)Nc1cccc(NC(=O)c2ccnc(C)n2)c1. The lowest BCUT2D eigenvalue weighted by Crippen LogP contribution is -2.17. The molecule has 1 heterocycles. The predicted octanol–water partition coefficient (Wildman–Crippen LogP) is 2.23. The van der Waals surface area contributed by atoms with E-state index in [0.717, 1.165) is 0 Å². The molecule has 0 unspecified atom stereocenters. The molecule has 0 aliphatic rings. The summed E-state index contributed by atoms with van der Waals surface area (Å²) in [5.74, 6) is 0.150. The lowest BCUT2D eigenvalue weighted by molar-refractivity contribution is 0.102. The zero-order valence-electron chi connectivity index (χ0n) is 13.4. The summed E-state index contributed by atoms with van der Waals surface area (Å²) in [5, 5.41) is 5.28. The Morgan fingerprint density at radius 2 is 1.88 bits per heavy atom. The number of amides is 2. The lowest BCUT2D eigenvalue weighted by Gasteiger charge is -2.09. The number of ether oxygens (including phenoxy) is 2. The average Bonchev–Trinajstić information content (AvgIpc) is 2.55. The van der Waals surface area contributed by atoms with Gasteiger partial charge in [0, 0.05) is 24.7 Å². The second-order valence-electron chi connectivity index (χ2n) is 4.78. The number of hydrogen-bond donors (Lipinski definition) is 2. The number of aryl methyl sites for hydroxylation is 1. The van der Waals surface area contributed by atoms with Crippen molar-refractivity contribution in [2.24, 2.45) is 0 Å². The van der Waals surface area contributed by atoms with Gasteiger partial charge < -0.3 is 14.8 Å². The van der Waals surface area contributed by atoms with Crippen LogP contribution in [-0.2, 0) is 9.47 Å². The number of aromatic nitrogens is 2. The van der Waals surface area contributed by atoms with E-state index in [4.69, 9.17) is 9.47 Å². The molecule has 8 heteroatoms. The molecule has 2 N–H and O–H groups in total. The smallest absolute Gasteiger partial charge is 0.411 e. The Hall–Kier alpha value is -3.00. The van der Waals surface area contributed by atoms with Crippen LogP contribution in [0.25, 0.3) is 0 Å². The normalized spacial score (nSPS) is 10.1. The summed E-state index contributed by atoms with van der Waals surface area (Å²) in [6.07, 6.45) is 0.924. The van der Waals surface area contributed by atoms with E-state index >= 15 is 0 Å². The topological polar surface area (TPSA) is 102 Å². The van der Waals surface area contributed by atoms with E-state index in [1.165, 1.54) is 19.4 Å². The fourth-order valence-electron chi connectivity index (χ4n) is 1.82. The molecular weight excluding hydrogens is 312 g/mol. The molecule has 0 bridgehead atoms. The van der Waals surface area contributed by atoms with Gasteiger partial charge in [0.05, 0.1) is 6.61 Å². The Bertz CT molecular complexity index is 721. The number of nitrogens with zero attached hydrogens (tertiary/aromatic N) is 2. The van der Waals surface area contributed by atoms with Gasteiger partial charge in [-0.25, -0.2) is 14.8 Å². The number of anilines is 2. The standard InChI is InChI=1S/C16H18N4O4/c1-11-17-7-6-14(18-11)15(21)19-12-4-3-5-13(10-12)20-16(22)24-9-8-23-2/h3-7,10H,8-9H2,1-2H3,(H,19,21)(H,20,22). The molecule has 2 rings (SSSR count). The maximum atomic E-state index is 12.1. The third kappa shape index (κ3) is 5.33. The summed E-state index contributed by atoms with van der Waals surface area (Å²) in [4.78, 5) is 31.7. The van der Waals surface area contributed by atoms with Gasteiger partial charge in [-0.05, 0) is 31.2 Å². The Kier molecular flexibility index (Phi) is 6.21. The number of nitrogens with one attached hydrogen (secondary N) is 2. The van der Waals surface area contributed by atoms with Gasteiger partial charge in [-0.3, -0.25) is 10.1 Å². The molecule has 8 nitrogen and oxygen atoms in total. The first kappa shape index (κ1) is 17.4. The Morgan fingerprint density at radius 3 is 2.58 bits per heavy atom. The number of rotatable bonds is 6. The molecule has 0 fully saturated rings.